The highest BCUT2D eigenvalue weighted by Crippen LogP contribution is 2.54. The highest BCUT2D eigenvalue weighted by atomic mass is 35.5. The summed E-state index contributed by atoms with van der Waals surface area (Å²) in [5.74, 6) is 3.16. The molecule has 146 valence electrons. The molecule has 1 heterocycles. The minimum Gasteiger partial charge on any atom is -0.493 e. The Bertz CT molecular complexity index is 781. The molecule has 27 heavy (non-hydrogen) atoms. The van der Waals surface area contributed by atoms with Crippen molar-refractivity contribution in [2.45, 2.75) is 30.9 Å². The van der Waals surface area contributed by atoms with Crippen LogP contribution >= 0.6 is 23.4 Å². The van der Waals surface area contributed by atoms with Gasteiger partial charge < -0.3 is 9.47 Å². The predicted octanol–water partition coefficient (Wildman–Crippen LogP) is 6.03. The van der Waals surface area contributed by atoms with Crippen LogP contribution in [-0.4, -0.2) is 25.9 Å². The lowest BCUT2D eigenvalue weighted by molar-refractivity contribution is 0.352. The summed E-state index contributed by atoms with van der Waals surface area (Å²) in [6.45, 7) is 2.24. The van der Waals surface area contributed by atoms with E-state index in [2.05, 4.69) is 19.1 Å². The summed E-state index contributed by atoms with van der Waals surface area (Å²) in [5, 5.41) is 0. The monoisotopic (exact) mass is 408 g/mol. The number of hydrogen-bond donors (Lipinski definition) is 0. The third-order valence-corrected chi connectivity index (χ3v) is 7.46. The first-order valence-electron chi connectivity index (χ1n) is 9.28. The second-order valence-corrected chi connectivity index (χ2v) is 8.66. The van der Waals surface area contributed by atoms with Gasteiger partial charge in [0.1, 0.15) is 5.82 Å². The van der Waals surface area contributed by atoms with Gasteiger partial charge in [-0.1, -0.05) is 19.1 Å². The van der Waals surface area contributed by atoms with Crippen LogP contribution in [0.5, 0.6) is 11.5 Å². The summed E-state index contributed by atoms with van der Waals surface area (Å²) >= 11 is 8.09. The first-order chi connectivity index (χ1) is 13.1. The zero-order valence-electron chi connectivity index (χ0n) is 16.1. The van der Waals surface area contributed by atoms with E-state index in [1.165, 1.54) is 11.1 Å². The van der Waals surface area contributed by atoms with Crippen LogP contribution in [0.2, 0.25) is 0 Å². The summed E-state index contributed by atoms with van der Waals surface area (Å²) in [7, 11) is 3.33. The summed E-state index contributed by atoms with van der Waals surface area (Å²) in [6, 6.07) is 11.1. The zero-order chi connectivity index (χ0) is 19.4. The lowest BCUT2D eigenvalue weighted by Crippen LogP contribution is -2.33. The first kappa shape index (κ1) is 20.3. The fourth-order valence-corrected chi connectivity index (χ4v) is 6.03. The molecule has 2 aromatic rings. The molecular weight excluding hydrogens is 383 g/mol. The number of halogens is 2. The molecular formula is C22H26ClFO2S. The van der Waals surface area contributed by atoms with Gasteiger partial charge in [-0.25, -0.2) is 4.39 Å². The van der Waals surface area contributed by atoms with E-state index in [1.807, 2.05) is 23.9 Å². The van der Waals surface area contributed by atoms with Crippen molar-refractivity contribution in [3.05, 3.63) is 58.9 Å². The Morgan fingerprint density at radius 1 is 1.15 bits per heavy atom. The molecule has 0 spiro atoms. The SMILES string of the molecule is COc1cc2c(cc1OC)C(c1ccc(F)cc1)(C(C)CCCl)SCCC2. The highest BCUT2D eigenvalue weighted by molar-refractivity contribution is 8.00. The van der Waals surface area contributed by atoms with Crippen molar-refractivity contribution in [1.29, 1.82) is 0 Å². The minimum atomic E-state index is -0.298. The van der Waals surface area contributed by atoms with Gasteiger partial charge in [0.2, 0.25) is 0 Å². The third-order valence-electron chi connectivity index (χ3n) is 5.44. The standard InChI is InChI=1S/C22H26ClFO2S/c1-15(10-11-23)22(17-6-8-18(24)9-7-17)19-14-21(26-3)20(25-2)13-16(19)5-4-12-27-22/h6-9,13-15H,4-5,10-12H2,1-3H3. The summed E-state index contributed by atoms with van der Waals surface area (Å²) < 4.78 is 24.5. The molecule has 2 atom stereocenters. The zero-order valence-corrected chi connectivity index (χ0v) is 17.6. The average Bonchev–Trinajstić information content (AvgIpc) is 2.87. The van der Waals surface area contributed by atoms with Crippen LogP contribution in [0.3, 0.4) is 0 Å². The molecule has 0 aromatic heterocycles. The number of thioether (sulfide) groups is 1. The molecule has 3 rings (SSSR count). The van der Waals surface area contributed by atoms with Crippen molar-refractivity contribution >= 4 is 23.4 Å². The third kappa shape index (κ3) is 3.79. The lowest BCUT2D eigenvalue weighted by Gasteiger charge is -2.40. The van der Waals surface area contributed by atoms with Crippen LogP contribution in [0.15, 0.2) is 36.4 Å². The summed E-state index contributed by atoms with van der Waals surface area (Å²) in [5.41, 5.74) is 3.61. The van der Waals surface area contributed by atoms with Crippen LogP contribution in [0.25, 0.3) is 0 Å². The molecule has 5 heteroatoms. The molecule has 0 saturated carbocycles. The number of methoxy groups -OCH3 is 2. The van der Waals surface area contributed by atoms with Gasteiger partial charge >= 0.3 is 0 Å². The number of hydrogen-bond acceptors (Lipinski definition) is 3. The van der Waals surface area contributed by atoms with Gasteiger partial charge in [-0.2, -0.15) is 0 Å². The molecule has 1 aliphatic rings. The predicted molar refractivity (Wildman–Crippen MR) is 112 cm³/mol. The fourth-order valence-electron chi connectivity index (χ4n) is 4.04. The Kier molecular flexibility index (Phi) is 6.59. The number of rotatable bonds is 6. The quantitative estimate of drug-likeness (QED) is 0.543. The van der Waals surface area contributed by atoms with E-state index >= 15 is 0 Å². The molecule has 0 N–H and O–H groups in total. The van der Waals surface area contributed by atoms with Crippen LogP contribution in [0, 0.1) is 11.7 Å². The second-order valence-electron chi connectivity index (χ2n) is 6.94. The Morgan fingerprint density at radius 2 is 1.81 bits per heavy atom. The van der Waals surface area contributed by atoms with Gasteiger partial charge in [0.05, 0.1) is 19.0 Å². The van der Waals surface area contributed by atoms with E-state index in [4.69, 9.17) is 21.1 Å². The van der Waals surface area contributed by atoms with E-state index in [0.29, 0.717) is 5.88 Å². The summed E-state index contributed by atoms with van der Waals surface area (Å²) in [6.07, 6.45) is 2.95. The van der Waals surface area contributed by atoms with Crippen molar-refractivity contribution in [3.8, 4) is 11.5 Å². The van der Waals surface area contributed by atoms with E-state index in [9.17, 15) is 4.39 Å². The Hall–Kier alpha value is -1.39. The number of fused-ring (bicyclic) bond motifs is 1. The number of alkyl halides is 1. The van der Waals surface area contributed by atoms with Gasteiger partial charge in [-0.3, -0.25) is 0 Å². The topological polar surface area (TPSA) is 18.5 Å². The van der Waals surface area contributed by atoms with E-state index in [-0.39, 0.29) is 16.5 Å². The Morgan fingerprint density at radius 3 is 2.44 bits per heavy atom. The molecule has 2 aromatic carbocycles. The maximum Gasteiger partial charge on any atom is 0.161 e. The van der Waals surface area contributed by atoms with Crippen molar-refractivity contribution < 1.29 is 13.9 Å². The van der Waals surface area contributed by atoms with Crippen LogP contribution in [-0.2, 0) is 11.2 Å². The van der Waals surface area contributed by atoms with E-state index < -0.39 is 0 Å². The molecule has 0 bridgehead atoms. The van der Waals surface area contributed by atoms with Crippen LogP contribution < -0.4 is 9.47 Å². The molecule has 0 radical (unpaired) electrons. The van der Waals surface area contributed by atoms with Crippen molar-refractivity contribution in [1.82, 2.24) is 0 Å². The largest absolute Gasteiger partial charge is 0.493 e. The Labute approximate surface area is 170 Å². The maximum absolute atomic E-state index is 13.7. The minimum absolute atomic E-state index is 0.218. The smallest absolute Gasteiger partial charge is 0.161 e. The Balaban J connectivity index is 2.28. The molecule has 0 saturated heterocycles. The molecule has 2 unspecified atom stereocenters. The van der Waals surface area contributed by atoms with Gasteiger partial charge in [-0.05, 0) is 71.9 Å². The van der Waals surface area contributed by atoms with Crippen LogP contribution in [0.1, 0.15) is 36.5 Å². The fraction of sp³-hybridized carbons (Fsp3) is 0.455. The van der Waals surface area contributed by atoms with Crippen molar-refractivity contribution in [3.63, 3.8) is 0 Å². The van der Waals surface area contributed by atoms with E-state index in [0.717, 1.165) is 42.1 Å². The van der Waals surface area contributed by atoms with Gasteiger partial charge in [0.25, 0.3) is 0 Å². The molecule has 0 amide bonds. The second kappa shape index (κ2) is 8.74. The molecule has 1 aliphatic heterocycles. The normalized spacial score (nSPS) is 20.5. The van der Waals surface area contributed by atoms with Crippen molar-refractivity contribution in [2.24, 2.45) is 5.92 Å². The highest BCUT2D eigenvalue weighted by Gasteiger charge is 2.43. The lowest BCUT2D eigenvalue weighted by atomic mass is 9.76. The van der Waals surface area contributed by atoms with Crippen LogP contribution in [0.4, 0.5) is 4.39 Å². The van der Waals surface area contributed by atoms with Gasteiger partial charge in [-0.15, -0.1) is 23.4 Å². The van der Waals surface area contributed by atoms with E-state index in [1.54, 1.807) is 26.4 Å². The molecule has 0 aliphatic carbocycles. The van der Waals surface area contributed by atoms with Gasteiger partial charge in [0, 0.05) is 5.88 Å². The average molecular weight is 409 g/mol. The summed E-state index contributed by atoms with van der Waals surface area (Å²) in [4.78, 5) is 0. The van der Waals surface area contributed by atoms with Crippen molar-refractivity contribution in [2.75, 3.05) is 25.9 Å². The maximum atomic E-state index is 13.7. The number of benzene rings is 2. The first-order valence-corrected chi connectivity index (χ1v) is 10.8. The number of ether oxygens (including phenoxy) is 2. The molecule has 0 fully saturated rings. The molecule has 2 nitrogen and oxygen atoms in total. The van der Waals surface area contributed by atoms with Gasteiger partial charge in [0.15, 0.2) is 11.5 Å². The number of aryl methyl sites for hydroxylation is 1.